The maximum atomic E-state index is 13.9. The summed E-state index contributed by atoms with van der Waals surface area (Å²) >= 11 is 0. The second-order valence-corrected chi connectivity index (χ2v) is 9.17. The minimum Gasteiger partial charge on any atom is -0.403 e. The number of alkyl halides is 3. The molecule has 2 aliphatic heterocycles. The fraction of sp³-hybridized carbons (Fsp3) is 0.565. The molecule has 200 valence electrons. The van der Waals surface area contributed by atoms with Crippen molar-refractivity contribution < 1.29 is 31.9 Å². The van der Waals surface area contributed by atoms with Crippen LogP contribution in [0.2, 0.25) is 0 Å². The number of likely N-dealkylation sites (N-methyl/N-ethyl adjacent to an activating group) is 1. The van der Waals surface area contributed by atoms with Crippen LogP contribution in [0.15, 0.2) is 30.1 Å². The normalized spacial score (nSPS) is 20.6. The topological polar surface area (TPSA) is 117 Å². The highest BCUT2D eigenvalue weighted by Crippen LogP contribution is 2.32. The number of rotatable bonds is 7. The van der Waals surface area contributed by atoms with Gasteiger partial charge in [-0.05, 0) is 48.8 Å². The quantitative estimate of drug-likeness (QED) is 0.291. The molecule has 2 unspecified atom stereocenters. The number of carbonyl (C=O) groups excluding carboxylic acids is 2. The van der Waals surface area contributed by atoms with Crippen LogP contribution in [-0.4, -0.2) is 72.8 Å². The summed E-state index contributed by atoms with van der Waals surface area (Å²) in [7, 11) is 1.68. The van der Waals surface area contributed by atoms with E-state index in [0.717, 1.165) is 25.0 Å². The number of aryl methyl sites for hydroxylation is 1. The van der Waals surface area contributed by atoms with Gasteiger partial charge in [0.25, 0.3) is 0 Å². The van der Waals surface area contributed by atoms with Crippen molar-refractivity contribution in [3.63, 3.8) is 0 Å². The summed E-state index contributed by atoms with van der Waals surface area (Å²) < 4.78 is 54.4. The molecule has 0 bridgehead atoms. The first-order valence-corrected chi connectivity index (χ1v) is 11.7. The second-order valence-electron chi connectivity index (χ2n) is 9.17. The van der Waals surface area contributed by atoms with Gasteiger partial charge in [-0.2, -0.15) is 0 Å². The average molecular weight is 517 g/mol. The molecule has 2 atom stereocenters. The number of hydrogen-bond donors (Lipinski definition) is 3. The van der Waals surface area contributed by atoms with Gasteiger partial charge in [-0.1, -0.05) is 6.07 Å². The minimum absolute atomic E-state index is 0.0888. The van der Waals surface area contributed by atoms with E-state index in [0.29, 0.717) is 37.4 Å². The van der Waals surface area contributed by atoms with E-state index in [9.17, 15) is 27.2 Å². The number of nitrogens with zero attached hydrogens (tertiary/aromatic N) is 3. The number of likely N-dealkylation sites (tertiary alicyclic amines) is 2. The molecule has 1 aromatic rings. The van der Waals surface area contributed by atoms with Crippen molar-refractivity contribution in [1.29, 1.82) is 0 Å². The molecular weight excluding hydrogens is 484 g/mol. The fourth-order valence-corrected chi connectivity index (χ4v) is 4.78. The van der Waals surface area contributed by atoms with Gasteiger partial charge < -0.3 is 30.6 Å². The smallest absolute Gasteiger partial charge is 0.403 e. The monoisotopic (exact) mass is 516 g/mol. The minimum atomic E-state index is -4.98. The zero-order valence-corrected chi connectivity index (χ0v) is 20.1. The van der Waals surface area contributed by atoms with E-state index in [1.54, 1.807) is 16.8 Å². The Hall–Kier alpha value is -3.22. The van der Waals surface area contributed by atoms with Gasteiger partial charge in [0.1, 0.15) is 0 Å². The molecule has 36 heavy (non-hydrogen) atoms. The number of amides is 3. The van der Waals surface area contributed by atoms with Gasteiger partial charge in [0.05, 0.1) is 12.2 Å². The first-order chi connectivity index (χ1) is 17.0. The van der Waals surface area contributed by atoms with Gasteiger partial charge in [0.15, 0.2) is 11.6 Å². The van der Waals surface area contributed by atoms with Gasteiger partial charge in [0.2, 0.25) is 5.91 Å². The van der Waals surface area contributed by atoms with E-state index < -0.39 is 17.9 Å². The standard InChI is InChI=1S/C23H32F4N6O3/c1-31(14-18(11-28)30-29)22(35)33-12-16-6-8-32(9-7-17(16)13-33)21(34)5-3-15-2-4-20(19(24)10-15)36-23(25,26)27/h2,4,10-11,16-17,30H,3,5-9,12-14,28-29H2,1H3/b18-11-. The second kappa shape index (κ2) is 11.7. The van der Waals surface area contributed by atoms with E-state index in [1.807, 2.05) is 4.90 Å². The Morgan fingerprint density at radius 3 is 2.36 bits per heavy atom. The number of fused-ring (bicyclic) bond motifs is 1. The average Bonchev–Trinajstić information content (AvgIpc) is 3.13. The molecular formula is C23H32F4N6O3. The Morgan fingerprint density at radius 1 is 1.19 bits per heavy atom. The number of nitrogens with one attached hydrogen (secondary N) is 1. The third kappa shape index (κ3) is 7.15. The Balaban J connectivity index is 1.47. The first-order valence-electron chi connectivity index (χ1n) is 11.7. The first kappa shape index (κ1) is 27.4. The Morgan fingerprint density at radius 2 is 1.83 bits per heavy atom. The number of carbonyl (C=O) groups is 2. The number of benzene rings is 1. The molecule has 2 heterocycles. The van der Waals surface area contributed by atoms with Crippen LogP contribution in [0, 0.1) is 17.7 Å². The van der Waals surface area contributed by atoms with Crippen LogP contribution >= 0.6 is 0 Å². The fourth-order valence-electron chi connectivity index (χ4n) is 4.78. The molecule has 0 aromatic heterocycles. The molecule has 0 saturated carbocycles. The number of hydrazine groups is 1. The third-order valence-corrected chi connectivity index (χ3v) is 6.71. The van der Waals surface area contributed by atoms with Crippen molar-refractivity contribution in [2.75, 3.05) is 39.8 Å². The van der Waals surface area contributed by atoms with Gasteiger partial charge >= 0.3 is 12.4 Å². The largest absolute Gasteiger partial charge is 0.573 e. The lowest BCUT2D eigenvalue weighted by Crippen LogP contribution is -2.43. The molecule has 0 aliphatic carbocycles. The number of nitrogens with two attached hydrogens (primary N) is 2. The molecule has 5 N–H and O–H groups in total. The van der Waals surface area contributed by atoms with Crippen molar-refractivity contribution >= 4 is 11.9 Å². The highest BCUT2D eigenvalue weighted by Gasteiger charge is 2.38. The summed E-state index contributed by atoms with van der Waals surface area (Å²) in [6.07, 6.45) is -1.80. The van der Waals surface area contributed by atoms with Gasteiger partial charge in [0, 0.05) is 45.8 Å². The summed E-state index contributed by atoms with van der Waals surface area (Å²) in [6.45, 7) is 2.60. The predicted octanol–water partition coefficient (Wildman–Crippen LogP) is 2.14. The van der Waals surface area contributed by atoms with Crippen LogP contribution < -0.4 is 21.7 Å². The highest BCUT2D eigenvalue weighted by molar-refractivity contribution is 5.76. The van der Waals surface area contributed by atoms with Crippen LogP contribution in [-0.2, 0) is 11.2 Å². The summed E-state index contributed by atoms with van der Waals surface area (Å²) in [5, 5.41) is 0. The van der Waals surface area contributed by atoms with E-state index in [4.69, 9.17) is 11.6 Å². The van der Waals surface area contributed by atoms with E-state index >= 15 is 0 Å². The summed E-state index contributed by atoms with van der Waals surface area (Å²) in [5.41, 5.74) is 8.88. The van der Waals surface area contributed by atoms with E-state index in [1.165, 1.54) is 12.3 Å². The zero-order chi connectivity index (χ0) is 26.5. The van der Waals surface area contributed by atoms with Crippen LogP contribution in [0.3, 0.4) is 0 Å². The van der Waals surface area contributed by atoms with Crippen molar-refractivity contribution in [3.05, 3.63) is 41.5 Å². The van der Waals surface area contributed by atoms with Crippen molar-refractivity contribution in [1.82, 2.24) is 20.1 Å². The lowest BCUT2D eigenvalue weighted by atomic mass is 9.92. The number of halogens is 4. The van der Waals surface area contributed by atoms with Gasteiger partial charge in [-0.3, -0.25) is 10.6 Å². The SMILES string of the molecule is CN(C/C(=C/N)NN)C(=O)N1CC2CCN(C(=O)CCc3ccc(OC(F)(F)F)c(F)c3)CCC2C1. The lowest BCUT2D eigenvalue weighted by Gasteiger charge is -2.26. The molecule has 13 heteroatoms. The lowest BCUT2D eigenvalue weighted by molar-refractivity contribution is -0.275. The molecule has 9 nitrogen and oxygen atoms in total. The van der Waals surface area contributed by atoms with Gasteiger partial charge in [-0.15, -0.1) is 13.2 Å². The number of urea groups is 1. The summed E-state index contributed by atoms with van der Waals surface area (Å²) in [4.78, 5) is 30.7. The maximum absolute atomic E-state index is 13.9. The van der Waals surface area contributed by atoms with E-state index in [2.05, 4.69) is 10.2 Å². The predicted molar refractivity (Wildman–Crippen MR) is 123 cm³/mol. The number of hydrogen-bond acceptors (Lipinski definition) is 6. The summed E-state index contributed by atoms with van der Waals surface area (Å²) in [6, 6.07) is 3.09. The van der Waals surface area contributed by atoms with Crippen LogP contribution in [0.4, 0.5) is 22.4 Å². The number of ether oxygens (including phenoxy) is 1. The molecule has 2 fully saturated rings. The Labute approximate surface area is 207 Å². The molecule has 0 spiro atoms. The highest BCUT2D eigenvalue weighted by atomic mass is 19.4. The van der Waals surface area contributed by atoms with Gasteiger partial charge in [-0.25, -0.2) is 9.18 Å². The molecule has 2 saturated heterocycles. The summed E-state index contributed by atoms with van der Waals surface area (Å²) in [5.74, 6) is 3.84. The Bertz CT molecular complexity index is 958. The zero-order valence-electron chi connectivity index (χ0n) is 20.1. The van der Waals surface area contributed by atoms with E-state index in [-0.39, 0.29) is 43.2 Å². The van der Waals surface area contributed by atoms with Crippen LogP contribution in [0.5, 0.6) is 5.75 Å². The molecule has 2 aliphatic rings. The van der Waals surface area contributed by atoms with Crippen LogP contribution in [0.25, 0.3) is 0 Å². The van der Waals surface area contributed by atoms with Crippen molar-refractivity contribution in [2.45, 2.75) is 32.0 Å². The molecule has 3 amide bonds. The van der Waals surface area contributed by atoms with Crippen molar-refractivity contribution in [2.24, 2.45) is 23.4 Å². The van der Waals surface area contributed by atoms with Crippen LogP contribution in [0.1, 0.15) is 24.8 Å². The van der Waals surface area contributed by atoms with Crippen molar-refractivity contribution in [3.8, 4) is 5.75 Å². The molecule has 3 rings (SSSR count). The maximum Gasteiger partial charge on any atom is 0.573 e. The Kier molecular flexibility index (Phi) is 8.88. The molecule has 0 radical (unpaired) electrons. The third-order valence-electron chi connectivity index (χ3n) is 6.71. The molecule has 1 aromatic carbocycles.